The number of carbonyl (C=O) groups excluding carboxylic acids is 1. The van der Waals surface area contributed by atoms with Crippen molar-refractivity contribution in [1.82, 2.24) is 9.80 Å². The summed E-state index contributed by atoms with van der Waals surface area (Å²) in [6, 6.07) is 8.19. The van der Waals surface area contributed by atoms with Crippen LogP contribution in [0.25, 0.3) is 0 Å². The Balaban J connectivity index is 0.00000338. The second kappa shape index (κ2) is 10.5. The van der Waals surface area contributed by atoms with Gasteiger partial charge in [0, 0.05) is 24.8 Å². The number of aliphatic carboxylic acids is 1. The molecule has 1 heterocycles. The third-order valence-corrected chi connectivity index (χ3v) is 4.79. The average Bonchev–Trinajstić information content (AvgIpc) is 2.55. The third-order valence-electron chi connectivity index (χ3n) is 4.79. The van der Waals surface area contributed by atoms with E-state index in [0.29, 0.717) is 12.5 Å². The minimum absolute atomic E-state index is 0. The Morgan fingerprint density at radius 2 is 1.88 bits per heavy atom. The molecule has 6 nitrogen and oxygen atoms in total. The molecule has 0 atom stereocenters. The van der Waals surface area contributed by atoms with Gasteiger partial charge in [-0.25, -0.2) is 0 Å². The molecule has 1 fully saturated rings. The van der Waals surface area contributed by atoms with Crippen LogP contribution < -0.4 is 5.32 Å². The number of rotatable bonds is 7. The van der Waals surface area contributed by atoms with E-state index in [9.17, 15) is 9.59 Å². The van der Waals surface area contributed by atoms with Crippen molar-refractivity contribution in [3.05, 3.63) is 29.8 Å². The van der Waals surface area contributed by atoms with Gasteiger partial charge in [-0.05, 0) is 37.4 Å². The smallest absolute Gasteiger partial charge is 0.317 e. The highest BCUT2D eigenvalue weighted by molar-refractivity contribution is 5.93. The number of hydrogen-bond donors (Lipinski definition) is 2. The Morgan fingerprint density at radius 3 is 2.46 bits per heavy atom. The summed E-state index contributed by atoms with van der Waals surface area (Å²) in [5.74, 6) is -0.435. The number of anilines is 1. The number of halogens is 1. The van der Waals surface area contributed by atoms with Crippen LogP contribution in [0.5, 0.6) is 0 Å². The molecule has 0 aliphatic carbocycles. The predicted octanol–water partition coefficient (Wildman–Crippen LogP) is 2.65. The lowest BCUT2D eigenvalue weighted by atomic mass is 10.0. The van der Waals surface area contributed by atoms with Crippen molar-refractivity contribution in [2.45, 2.75) is 38.6 Å². The number of para-hydroxylation sites is 1. The van der Waals surface area contributed by atoms with Crippen LogP contribution in [0.15, 0.2) is 24.3 Å². The van der Waals surface area contributed by atoms with Crippen LogP contribution in [0.2, 0.25) is 0 Å². The molecule has 146 valence electrons. The van der Waals surface area contributed by atoms with Crippen molar-refractivity contribution in [3.8, 4) is 0 Å². The highest BCUT2D eigenvalue weighted by Crippen LogP contribution is 2.23. The van der Waals surface area contributed by atoms with Gasteiger partial charge in [-0.1, -0.05) is 32.0 Å². The zero-order chi connectivity index (χ0) is 18.4. The first-order chi connectivity index (χ1) is 11.9. The van der Waals surface area contributed by atoms with E-state index in [1.165, 1.54) is 0 Å². The molecular formula is C19H30ClN3O3. The number of carboxylic acid groups (broad SMARTS) is 1. The lowest BCUT2D eigenvalue weighted by Gasteiger charge is -2.35. The van der Waals surface area contributed by atoms with E-state index in [2.05, 4.69) is 24.1 Å². The number of amides is 1. The summed E-state index contributed by atoms with van der Waals surface area (Å²) >= 11 is 0. The largest absolute Gasteiger partial charge is 0.480 e. The van der Waals surface area contributed by atoms with E-state index in [1.54, 1.807) is 0 Å². The van der Waals surface area contributed by atoms with Gasteiger partial charge in [-0.15, -0.1) is 12.4 Å². The van der Waals surface area contributed by atoms with Gasteiger partial charge in [0.1, 0.15) is 0 Å². The molecule has 0 aromatic heterocycles. The first-order valence-corrected chi connectivity index (χ1v) is 8.90. The molecule has 2 N–H and O–H groups in total. The van der Waals surface area contributed by atoms with Crippen LogP contribution in [-0.4, -0.2) is 66.1 Å². The number of likely N-dealkylation sites (tertiary alicyclic amines) is 1. The maximum atomic E-state index is 12.4. The van der Waals surface area contributed by atoms with Crippen LogP contribution in [0.4, 0.5) is 5.69 Å². The van der Waals surface area contributed by atoms with E-state index in [-0.39, 0.29) is 30.9 Å². The third kappa shape index (κ3) is 6.59. The summed E-state index contributed by atoms with van der Waals surface area (Å²) in [5.41, 5.74) is 2.03. The van der Waals surface area contributed by atoms with E-state index < -0.39 is 5.97 Å². The molecule has 1 aliphatic rings. The summed E-state index contributed by atoms with van der Waals surface area (Å²) < 4.78 is 0. The number of nitrogens with zero attached hydrogens (tertiary/aromatic N) is 2. The summed E-state index contributed by atoms with van der Waals surface area (Å²) in [5, 5.41) is 11.9. The Hall–Kier alpha value is -1.63. The molecule has 2 rings (SSSR count). The minimum atomic E-state index is -0.798. The number of piperidine rings is 1. The quantitative estimate of drug-likeness (QED) is 0.757. The van der Waals surface area contributed by atoms with Crippen molar-refractivity contribution >= 4 is 30.0 Å². The second-order valence-corrected chi connectivity index (χ2v) is 7.11. The Kier molecular flexibility index (Phi) is 9.05. The first-order valence-electron chi connectivity index (χ1n) is 8.90. The van der Waals surface area contributed by atoms with Gasteiger partial charge in [0.25, 0.3) is 0 Å². The molecule has 0 bridgehead atoms. The maximum Gasteiger partial charge on any atom is 0.317 e. The predicted molar refractivity (Wildman–Crippen MR) is 106 cm³/mol. The monoisotopic (exact) mass is 383 g/mol. The molecule has 7 heteroatoms. The van der Waals surface area contributed by atoms with E-state index in [1.807, 2.05) is 36.2 Å². The molecule has 1 aromatic rings. The van der Waals surface area contributed by atoms with Gasteiger partial charge in [-0.2, -0.15) is 0 Å². The fourth-order valence-corrected chi connectivity index (χ4v) is 3.37. The van der Waals surface area contributed by atoms with Gasteiger partial charge in [0.05, 0.1) is 13.1 Å². The molecule has 1 amide bonds. The zero-order valence-corrected chi connectivity index (χ0v) is 16.6. The molecule has 0 unspecified atom stereocenters. The van der Waals surface area contributed by atoms with Gasteiger partial charge < -0.3 is 10.4 Å². The lowest BCUT2D eigenvalue weighted by molar-refractivity contribution is -0.138. The van der Waals surface area contributed by atoms with E-state index in [0.717, 1.165) is 37.2 Å². The van der Waals surface area contributed by atoms with Crippen molar-refractivity contribution < 1.29 is 14.7 Å². The Morgan fingerprint density at radius 1 is 1.27 bits per heavy atom. The number of benzene rings is 1. The van der Waals surface area contributed by atoms with E-state index in [4.69, 9.17) is 5.11 Å². The fourth-order valence-electron chi connectivity index (χ4n) is 3.37. The molecule has 26 heavy (non-hydrogen) atoms. The van der Waals surface area contributed by atoms with Crippen molar-refractivity contribution in [2.75, 3.05) is 38.5 Å². The fraction of sp³-hybridized carbons (Fsp3) is 0.579. The van der Waals surface area contributed by atoms with Crippen LogP contribution in [0.3, 0.4) is 0 Å². The normalized spacial score (nSPS) is 15.7. The highest BCUT2D eigenvalue weighted by atomic mass is 35.5. The Bertz CT molecular complexity index is 601. The van der Waals surface area contributed by atoms with Crippen LogP contribution in [0.1, 0.15) is 38.2 Å². The van der Waals surface area contributed by atoms with Crippen LogP contribution in [-0.2, 0) is 9.59 Å². The number of carboxylic acids is 1. The molecule has 1 aliphatic heterocycles. The summed E-state index contributed by atoms with van der Waals surface area (Å²) in [6.07, 6.45) is 1.78. The first kappa shape index (κ1) is 22.4. The molecule has 1 saturated heterocycles. The van der Waals surface area contributed by atoms with Crippen molar-refractivity contribution in [3.63, 3.8) is 0 Å². The number of hydrogen-bond acceptors (Lipinski definition) is 4. The number of nitrogens with one attached hydrogen (secondary N) is 1. The van der Waals surface area contributed by atoms with Gasteiger partial charge in [-0.3, -0.25) is 19.4 Å². The van der Waals surface area contributed by atoms with E-state index >= 15 is 0 Å². The zero-order valence-electron chi connectivity index (χ0n) is 15.8. The van der Waals surface area contributed by atoms with Crippen LogP contribution in [0, 0.1) is 0 Å². The summed E-state index contributed by atoms with van der Waals surface area (Å²) in [4.78, 5) is 27.2. The molecule has 0 radical (unpaired) electrons. The molecule has 0 saturated carbocycles. The standard InChI is InChI=1S/C19H29N3O3.ClH/c1-14(2)16-6-4-5-7-17(16)20-18(23)12-22-10-8-15(9-11-22)21(3)13-19(24)25;/h4-7,14-15H,8-13H2,1-3H3,(H,20,23)(H,24,25);1H. The topological polar surface area (TPSA) is 72.9 Å². The average molecular weight is 384 g/mol. The lowest BCUT2D eigenvalue weighted by Crippen LogP contribution is -2.46. The molecular weight excluding hydrogens is 354 g/mol. The number of carbonyl (C=O) groups is 2. The molecule has 0 spiro atoms. The summed E-state index contributed by atoms with van der Waals surface area (Å²) in [7, 11) is 1.85. The van der Waals surface area contributed by atoms with Crippen LogP contribution >= 0.6 is 12.4 Å². The van der Waals surface area contributed by atoms with Crippen molar-refractivity contribution in [2.24, 2.45) is 0 Å². The molecule has 1 aromatic carbocycles. The minimum Gasteiger partial charge on any atom is -0.480 e. The van der Waals surface area contributed by atoms with Gasteiger partial charge in [0.15, 0.2) is 0 Å². The SMILES string of the molecule is CC(C)c1ccccc1NC(=O)CN1CCC(N(C)CC(=O)O)CC1.Cl. The number of likely N-dealkylation sites (N-methyl/N-ethyl adjacent to an activating group) is 1. The van der Waals surface area contributed by atoms with Gasteiger partial charge in [0.2, 0.25) is 5.91 Å². The Labute approximate surface area is 162 Å². The maximum absolute atomic E-state index is 12.4. The second-order valence-electron chi connectivity index (χ2n) is 7.11. The van der Waals surface area contributed by atoms with Gasteiger partial charge >= 0.3 is 5.97 Å². The summed E-state index contributed by atoms with van der Waals surface area (Å²) in [6.45, 7) is 6.30. The van der Waals surface area contributed by atoms with Crippen molar-refractivity contribution in [1.29, 1.82) is 0 Å². The highest BCUT2D eigenvalue weighted by Gasteiger charge is 2.24.